The molecule has 0 bridgehead atoms. The van der Waals surface area contributed by atoms with Gasteiger partial charge in [0.15, 0.2) is 5.15 Å². The zero-order valence-corrected chi connectivity index (χ0v) is 10.6. The van der Waals surface area contributed by atoms with Crippen LogP contribution < -0.4 is 0 Å². The highest BCUT2D eigenvalue weighted by atomic mass is 35.5. The van der Waals surface area contributed by atoms with Crippen LogP contribution in [0.4, 0.5) is 0 Å². The van der Waals surface area contributed by atoms with E-state index in [1.54, 1.807) is 12.5 Å². The summed E-state index contributed by atoms with van der Waals surface area (Å²) in [5, 5.41) is 0.460. The predicted octanol–water partition coefficient (Wildman–Crippen LogP) is 2.84. The predicted molar refractivity (Wildman–Crippen MR) is 70.6 cm³/mol. The van der Waals surface area contributed by atoms with E-state index in [2.05, 4.69) is 15.0 Å². The van der Waals surface area contributed by atoms with Gasteiger partial charge in [-0.2, -0.15) is 0 Å². The monoisotopic (exact) mass is 258 g/mol. The van der Waals surface area contributed by atoms with Crippen molar-refractivity contribution < 1.29 is 0 Å². The number of hydrogen-bond acceptors (Lipinski definition) is 3. The van der Waals surface area contributed by atoms with Crippen molar-refractivity contribution in [3.8, 4) is 0 Å². The maximum absolute atomic E-state index is 5.99. The largest absolute Gasteiger partial charge is 0.333 e. The molecule has 0 amide bonds. The molecule has 5 heteroatoms. The topological polar surface area (TPSA) is 43.6 Å². The quantitative estimate of drug-likeness (QED) is 0.710. The summed E-state index contributed by atoms with van der Waals surface area (Å²) in [6.07, 6.45) is 5.48. The van der Waals surface area contributed by atoms with Gasteiger partial charge in [0.25, 0.3) is 0 Å². The van der Waals surface area contributed by atoms with Crippen molar-refractivity contribution in [3.63, 3.8) is 0 Å². The fraction of sp³-hybridized carbons (Fsp3) is 0.154. The van der Waals surface area contributed by atoms with Crippen molar-refractivity contribution in [1.29, 1.82) is 0 Å². The lowest BCUT2D eigenvalue weighted by Gasteiger charge is -2.05. The first-order valence-corrected chi connectivity index (χ1v) is 5.99. The third kappa shape index (κ3) is 2.07. The van der Waals surface area contributed by atoms with Gasteiger partial charge in [0, 0.05) is 18.9 Å². The summed E-state index contributed by atoms with van der Waals surface area (Å²) in [6.45, 7) is 2.62. The molecule has 18 heavy (non-hydrogen) atoms. The average Bonchev–Trinajstić information content (AvgIpc) is 2.84. The molecule has 0 aliphatic rings. The molecule has 2 aromatic heterocycles. The summed E-state index contributed by atoms with van der Waals surface area (Å²) in [7, 11) is 0. The van der Waals surface area contributed by atoms with Crippen molar-refractivity contribution in [2.75, 3.05) is 0 Å². The average molecular weight is 259 g/mol. The lowest BCUT2D eigenvalue weighted by molar-refractivity contribution is 0.798. The van der Waals surface area contributed by atoms with Crippen LogP contribution in [-0.2, 0) is 6.54 Å². The first kappa shape index (κ1) is 11.2. The van der Waals surface area contributed by atoms with E-state index < -0.39 is 0 Å². The fourth-order valence-corrected chi connectivity index (χ4v) is 1.99. The standard InChI is InChI=1S/C13H11ClN4/c1-9-13(14)17-12-6-10(2-3-11(12)16-9)7-18-5-4-15-8-18/h2-6,8H,7H2,1H3. The van der Waals surface area contributed by atoms with Crippen LogP contribution >= 0.6 is 11.6 Å². The van der Waals surface area contributed by atoms with E-state index >= 15 is 0 Å². The lowest BCUT2D eigenvalue weighted by Crippen LogP contribution is -1.97. The van der Waals surface area contributed by atoms with E-state index in [-0.39, 0.29) is 0 Å². The molecule has 1 aromatic carbocycles. The molecule has 0 atom stereocenters. The number of nitrogens with zero attached hydrogens (tertiary/aromatic N) is 4. The van der Waals surface area contributed by atoms with Crippen molar-refractivity contribution in [3.05, 3.63) is 53.3 Å². The molecule has 0 aliphatic heterocycles. The summed E-state index contributed by atoms with van der Waals surface area (Å²) < 4.78 is 2.00. The fourth-order valence-electron chi connectivity index (χ4n) is 1.86. The van der Waals surface area contributed by atoms with Crippen molar-refractivity contribution >= 4 is 22.6 Å². The highest BCUT2D eigenvalue weighted by Crippen LogP contribution is 2.18. The molecule has 90 valence electrons. The molecule has 3 rings (SSSR count). The maximum Gasteiger partial charge on any atom is 0.150 e. The van der Waals surface area contributed by atoms with Gasteiger partial charge in [-0.15, -0.1) is 0 Å². The van der Waals surface area contributed by atoms with Gasteiger partial charge in [0.2, 0.25) is 0 Å². The second-order valence-corrected chi connectivity index (χ2v) is 4.52. The molecule has 0 radical (unpaired) electrons. The van der Waals surface area contributed by atoms with Crippen molar-refractivity contribution in [1.82, 2.24) is 19.5 Å². The Morgan fingerprint density at radius 2 is 2.11 bits per heavy atom. The molecular formula is C13H11ClN4. The Balaban J connectivity index is 2.02. The third-order valence-electron chi connectivity index (χ3n) is 2.77. The van der Waals surface area contributed by atoms with Crippen LogP contribution in [0.5, 0.6) is 0 Å². The van der Waals surface area contributed by atoms with Crippen LogP contribution in [-0.4, -0.2) is 19.5 Å². The minimum absolute atomic E-state index is 0.460. The SMILES string of the molecule is Cc1nc2ccc(Cn3ccnc3)cc2nc1Cl. The maximum atomic E-state index is 5.99. The van der Waals surface area contributed by atoms with E-state index in [0.29, 0.717) is 5.15 Å². The Bertz CT molecular complexity index is 692. The van der Waals surface area contributed by atoms with Gasteiger partial charge in [0.1, 0.15) is 0 Å². The van der Waals surface area contributed by atoms with Crippen LogP contribution in [0.3, 0.4) is 0 Å². The van der Waals surface area contributed by atoms with E-state index in [1.807, 2.05) is 35.9 Å². The van der Waals surface area contributed by atoms with Crippen LogP contribution in [0, 0.1) is 6.92 Å². The Morgan fingerprint density at radius 3 is 2.89 bits per heavy atom. The highest BCUT2D eigenvalue weighted by molar-refractivity contribution is 6.30. The first-order chi connectivity index (χ1) is 8.72. The summed E-state index contributed by atoms with van der Waals surface area (Å²) in [5.41, 5.74) is 3.59. The Morgan fingerprint density at radius 1 is 1.22 bits per heavy atom. The van der Waals surface area contributed by atoms with Gasteiger partial charge in [0.05, 0.1) is 23.1 Å². The molecule has 0 saturated carbocycles. The normalized spacial score (nSPS) is 11.0. The van der Waals surface area contributed by atoms with Gasteiger partial charge >= 0.3 is 0 Å². The van der Waals surface area contributed by atoms with Crippen molar-refractivity contribution in [2.45, 2.75) is 13.5 Å². The second kappa shape index (κ2) is 4.38. The van der Waals surface area contributed by atoms with Crippen LogP contribution in [0.2, 0.25) is 5.15 Å². The molecule has 0 fully saturated rings. The summed E-state index contributed by atoms with van der Waals surface area (Å²) in [6, 6.07) is 6.02. The second-order valence-electron chi connectivity index (χ2n) is 4.16. The van der Waals surface area contributed by atoms with E-state index in [1.165, 1.54) is 0 Å². The number of aryl methyl sites for hydroxylation is 1. The molecule has 0 aliphatic carbocycles. The third-order valence-corrected chi connectivity index (χ3v) is 3.13. The van der Waals surface area contributed by atoms with Gasteiger partial charge in [-0.25, -0.2) is 15.0 Å². The van der Waals surface area contributed by atoms with E-state index in [9.17, 15) is 0 Å². The lowest BCUT2D eigenvalue weighted by atomic mass is 10.2. The number of fused-ring (bicyclic) bond motifs is 1. The molecular weight excluding hydrogens is 248 g/mol. The Kier molecular flexibility index (Phi) is 2.72. The smallest absolute Gasteiger partial charge is 0.150 e. The molecule has 0 N–H and O–H groups in total. The molecule has 2 heterocycles. The number of rotatable bonds is 2. The number of hydrogen-bond donors (Lipinski definition) is 0. The van der Waals surface area contributed by atoms with Crippen LogP contribution in [0.25, 0.3) is 11.0 Å². The minimum atomic E-state index is 0.460. The van der Waals surface area contributed by atoms with Gasteiger partial charge in [-0.05, 0) is 24.6 Å². The number of imidazole rings is 1. The molecule has 0 unspecified atom stereocenters. The van der Waals surface area contributed by atoms with E-state index in [4.69, 9.17) is 11.6 Å². The summed E-state index contributed by atoms with van der Waals surface area (Å²) in [5.74, 6) is 0. The van der Waals surface area contributed by atoms with Crippen LogP contribution in [0.15, 0.2) is 36.9 Å². The molecule has 4 nitrogen and oxygen atoms in total. The highest BCUT2D eigenvalue weighted by Gasteiger charge is 2.04. The Labute approximate surface area is 109 Å². The summed E-state index contributed by atoms with van der Waals surface area (Å²) >= 11 is 5.99. The van der Waals surface area contributed by atoms with Crippen LogP contribution in [0.1, 0.15) is 11.3 Å². The van der Waals surface area contributed by atoms with E-state index in [0.717, 1.165) is 28.8 Å². The zero-order chi connectivity index (χ0) is 12.5. The molecule has 3 aromatic rings. The van der Waals surface area contributed by atoms with Gasteiger partial charge in [-0.3, -0.25) is 0 Å². The van der Waals surface area contributed by atoms with Crippen molar-refractivity contribution in [2.24, 2.45) is 0 Å². The van der Waals surface area contributed by atoms with Gasteiger partial charge < -0.3 is 4.57 Å². The number of aromatic nitrogens is 4. The number of benzene rings is 1. The minimum Gasteiger partial charge on any atom is -0.333 e. The van der Waals surface area contributed by atoms with Gasteiger partial charge in [-0.1, -0.05) is 17.7 Å². The molecule has 0 spiro atoms. The number of halogens is 1. The Hall–Kier alpha value is -1.94. The summed E-state index contributed by atoms with van der Waals surface area (Å²) in [4.78, 5) is 12.8. The first-order valence-electron chi connectivity index (χ1n) is 5.61. The zero-order valence-electron chi connectivity index (χ0n) is 9.84. The molecule has 0 saturated heterocycles.